The van der Waals surface area contributed by atoms with Crippen LogP contribution in [0.25, 0.3) is 10.8 Å². The Kier molecular flexibility index (Phi) is 7.32. The van der Waals surface area contributed by atoms with Gasteiger partial charge in [0.25, 0.3) is 5.69 Å². The van der Waals surface area contributed by atoms with Crippen LogP contribution in [0.2, 0.25) is 0 Å². The Morgan fingerprint density at radius 2 is 1.54 bits per heavy atom. The Morgan fingerprint density at radius 3 is 2.16 bits per heavy atom. The van der Waals surface area contributed by atoms with Crippen LogP contribution in [0.5, 0.6) is 11.5 Å². The molecule has 0 heterocycles. The number of sulfonamides is 1. The van der Waals surface area contributed by atoms with Crippen LogP contribution in [-0.2, 0) is 14.8 Å². The summed E-state index contributed by atoms with van der Waals surface area (Å²) in [4.78, 5) is 23.5. The summed E-state index contributed by atoms with van der Waals surface area (Å²) in [5.74, 6) is -0.143. The first-order valence-corrected chi connectivity index (χ1v) is 12.5. The fourth-order valence-electron chi connectivity index (χ4n) is 3.63. The van der Waals surface area contributed by atoms with Gasteiger partial charge < -0.3 is 9.47 Å². The second-order valence-electron chi connectivity index (χ2n) is 8.00. The normalized spacial score (nSPS) is 12.0. The second-order valence-corrected chi connectivity index (χ2v) is 9.72. The fraction of sp³-hybridized carbons (Fsp3) is 0.0741. The molecule has 0 saturated heterocycles. The Morgan fingerprint density at radius 1 is 0.919 bits per heavy atom. The number of rotatable bonds is 9. The number of hydrogen-bond acceptors (Lipinski definition) is 7. The number of methoxy groups -OCH3 is 1. The third-order valence-electron chi connectivity index (χ3n) is 5.62. The summed E-state index contributed by atoms with van der Waals surface area (Å²) in [6, 6.07) is 22.2. The molecule has 4 aromatic rings. The van der Waals surface area contributed by atoms with Gasteiger partial charge in [0.2, 0.25) is 10.0 Å². The number of carbonyl (C=O) groups excluding carboxylic acids is 1. The molecule has 0 aliphatic heterocycles. The fourth-order valence-corrected chi connectivity index (χ4v) is 4.85. The quantitative estimate of drug-likeness (QED) is 0.109. The van der Waals surface area contributed by atoms with Crippen molar-refractivity contribution in [3.8, 4) is 11.5 Å². The third kappa shape index (κ3) is 5.83. The number of fused-ring (bicyclic) bond motifs is 1. The monoisotopic (exact) mass is 518 g/mol. The Hall–Kier alpha value is -4.54. The number of nitro benzene ring substituents is 1. The number of carbonyl (C=O) groups is 1. The topological polar surface area (TPSA) is 125 Å². The summed E-state index contributed by atoms with van der Waals surface area (Å²) in [6.07, 6.45) is 0. The number of ether oxygens (including phenoxy) is 2. The van der Waals surface area contributed by atoms with Crippen LogP contribution in [0.4, 0.5) is 5.69 Å². The molecule has 0 amide bonds. The number of hydrogen-bond donors (Lipinski definition) is 1. The largest absolute Gasteiger partial charge is 0.497 e. The van der Waals surface area contributed by atoms with Gasteiger partial charge in [-0.15, -0.1) is 0 Å². The van der Waals surface area contributed by atoms with Gasteiger partial charge in [-0.05, 0) is 52.7 Å². The van der Waals surface area contributed by atoms with Crippen LogP contribution >= 0.6 is 0 Å². The zero-order valence-electron chi connectivity index (χ0n) is 19.7. The van der Waals surface area contributed by atoms with E-state index in [1.54, 1.807) is 18.2 Å². The first-order valence-electron chi connectivity index (χ1n) is 11.0. The van der Waals surface area contributed by atoms with Crippen molar-refractivity contribution in [3.63, 3.8) is 0 Å². The van der Waals surface area contributed by atoms with Gasteiger partial charge in [0.1, 0.15) is 11.5 Å². The van der Waals surface area contributed by atoms with Gasteiger partial charge >= 0.3 is 5.97 Å². The highest BCUT2D eigenvalue weighted by Crippen LogP contribution is 2.28. The number of non-ortho nitro benzene ring substituents is 1. The molecule has 0 radical (unpaired) electrons. The second kappa shape index (κ2) is 10.6. The first kappa shape index (κ1) is 25.5. The molecule has 0 aliphatic carbocycles. The molecule has 10 heteroatoms. The van der Waals surface area contributed by atoms with Crippen LogP contribution < -0.4 is 14.2 Å². The summed E-state index contributed by atoms with van der Waals surface area (Å²) >= 11 is 0. The lowest BCUT2D eigenvalue weighted by molar-refractivity contribution is -0.384. The standard InChI is InChI=1S/C27H22N2O7S/c1-18(27(30)36-24-12-9-19-5-3-4-6-21(19)17-24)26(20-7-10-22(11-8-20)29(31)32)28-37(33,34)25-15-13-23(35-2)14-16-25/h3-17,26,28H,1H2,2H3/t26-/m1/s1. The van der Waals surface area contributed by atoms with Crippen molar-refractivity contribution in [2.75, 3.05) is 7.11 Å². The molecule has 0 aliphatic rings. The highest BCUT2D eigenvalue weighted by molar-refractivity contribution is 7.89. The van der Waals surface area contributed by atoms with Crippen LogP contribution in [0.15, 0.2) is 108 Å². The molecule has 37 heavy (non-hydrogen) atoms. The molecule has 4 aromatic carbocycles. The third-order valence-corrected chi connectivity index (χ3v) is 7.06. The van der Waals surface area contributed by atoms with Gasteiger partial charge in [0, 0.05) is 12.1 Å². The predicted molar refractivity (Wildman–Crippen MR) is 138 cm³/mol. The SMILES string of the molecule is C=C(C(=O)Oc1ccc2ccccc2c1)[C@@H](NS(=O)(=O)c1ccc(OC)cc1)c1ccc([N+](=O)[O-])cc1. The molecule has 0 fully saturated rings. The van der Waals surface area contributed by atoms with E-state index in [4.69, 9.17) is 9.47 Å². The van der Waals surface area contributed by atoms with E-state index < -0.39 is 27.0 Å². The van der Waals surface area contributed by atoms with Gasteiger partial charge in [-0.2, -0.15) is 4.72 Å². The molecule has 4 rings (SSSR count). The number of esters is 1. The van der Waals surface area contributed by atoms with Crippen LogP contribution in [0.3, 0.4) is 0 Å². The minimum atomic E-state index is -4.15. The van der Waals surface area contributed by atoms with E-state index in [9.17, 15) is 23.3 Å². The number of nitro groups is 1. The van der Waals surface area contributed by atoms with Gasteiger partial charge in [-0.3, -0.25) is 10.1 Å². The summed E-state index contributed by atoms with van der Waals surface area (Å²) < 4.78 is 39.4. The molecular weight excluding hydrogens is 496 g/mol. The van der Waals surface area contributed by atoms with E-state index in [1.807, 2.05) is 24.3 Å². The lowest BCUT2D eigenvalue weighted by Gasteiger charge is -2.21. The minimum absolute atomic E-state index is 0.0732. The molecule has 0 spiro atoms. The van der Waals surface area contributed by atoms with Crippen molar-refractivity contribution in [2.24, 2.45) is 0 Å². The Balaban J connectivity index is 1.64. The van der Waals surface area contributed by atoms with Gasteiger partial charge in [-0.1, -0.05) is 49.0 Å². The molecule has 0 bridgehead atoms. The first-order chi connectivity index (χ1) is 17.7. The van der Waals surface area contributed by atoms with Crippen LogP contribution in [-0.4, -0.2) is 26.4 Å². The molecule has 9 nitrogen and oxygen atoms in total. The van der Waals surface area contributed by atoms with E-state index in [1.165, 1.54) is 55.6 Å². The summed E-state index contributed by atoms with van der Waals surface area (Å²) in [5, 5.41) is 12.9. The zero-order chi connectivity index (χ0) is 26.6. The summed E-state index contributed by atoms with van der Waals surface area (Å²) in [6.45, 7) is 3.80. The highest BCUT2D eigenvalue weighted by atomic mass is 32.2. The van der Waals surface area contributed by atoms with Crippen molar-refractivity contribution in [1.82, 2.24) is 4.72 Å². The maximum atomic E-state index is 13.2. The predicted octanol–water partition coefficient (Wildman–Crippen LogP) is 4.94. The van der Waals surface area contributed by atoms with Crippen LogP contribution in [0.1, 0.15) is 11.6 Å². The maximum Gasteiger partial charge on any atom is 0.340 e. The average Bonchev–Trinajstić information content (AvgIpc) is 2.91. The van der Waals surface area contributed by atoms with Crippen molar-refractivity contribution in [1.29, 1.82) is 0 Å². The van der Waals surface area contributed by atoms with Gasteiger partial charge in [0.15, 0.2) is 0 Å². The van der Waals surface area contributed by atoms with E-state index in [2.05, 4.69) is 11.3 Å². The van der Waals surface area contributed by atoms with Crippen LogP contribution in [0, 0.1) is 10.1 Å². The molecule has 0 saturated carbocycles. The summed E-state index contributed by atoms with van der Waals surface area (Å²) in [7, 11) is -2.69. The highest BCUT2D eigenvalue weighted by Gasteiger charge is 2.29. The molecule has 0 unspecified atom stereocenters. The van der Waals surface area contributed by atoms with Gasteiger partial charge in [-0.25, -0.2) is 13.2 Å². The molecule has 0 aromatic heterocycles. The lowest BCUT2D eigenvalue weighted by Crippen LogP contribution is -2.33. The lowest BCUT2D eigenvalue weighted by atomic mass is 10.0. The Bertz CT molecular complexity index is 1580. The molecule has 188 valence electrons. The van der Waals surface area contributed by atoms with E-state index in [0.29, 0.717) is 5.75 Å². The van der Waals surface area contributed by atoms with Gasteiger partial charge in [0.05, 0.1) is 28.5 Å². The maximum absolute atomic E-state index is 13.2. The van der Waals surface area contributed by atoms with E-state index >= 15 is 0 Å². The average molecular weight is 519 g/mol. The number of benzene rings is 4. The van der Waals surface area contributed by atoms with E-state index in [0.717, 1.165) is 10.8 Å². The number of nitrogens with one attached hydrogen (secondary N) is 1. The molecule has 1 atom stereocenters. The zero-order valence-corrected chi connectivity index (χ0v) is 20.5. The minimum Gasteiger partial charge on any atom is -0.497 e. The molecule has 1 N–H and O–H groups in total. The summed E-state index contributed by atoms with van der Waals surface area (Å²) in [5.41, 5.74) is -0.132. The van der Waals surface area contributed by atoms with E-state index in [-0.39, 0.29) is 27.5 Å². The van der Waals surface area contributed by atoms with Crippen molar-refractivity contribution >= 4 is 32.5 Å². The Labute approximate surface area is 213 Å². The van der Waals surface area contributed by atoms with Crippen molar-refractivity contribution in [2.45, 2.75) is 10.9 Å². The number of nitrogens with zero attached hydrogens (tertiary/aromatic N) is 1. The van der Waals surface area contributed by atoms with Crippen molar-refractivity contribution in [3.05, 3.63) is 119 Å². The smallest absolute Gasteiger partial charge is 0.340 e. The van der Waals surface area contributed by atoms with Crippen molar-refractivity contribution < 1.29 is 27.6 Å². The molecular formula is C27H22N2O7S.